The Balaban J connectivity index is 4.60. The minimum absolute atomic E-state index is 0.0438. The highest BCUT2D eigenvalue weighted by Crippen LogP contribution is 2.16. The van der Waals surface area contributed by atoms with E-state index >= 15 is 0 Å². The number of allylic oxidation sites excluding steroid dienone is 11. The summed E-state index contributed by atoms with van der Waals surface area (Å²) in [6.45, 7) is 6.33. The number of carbonyl (C=O) groups excluding carboxylic acids is 2. The van der Waals surface area contributed by atoms with E-state index < -0.39 is 18.2 Å². The van der Waals surface area contributed by atoms with E-state index in [9.17, 15) is 19.8 Å². The maximum Gasteiger partial charge on any atom is 0.306 e. The van der Waals surface area contributed by atoms with Crippen LogP contribution in [-0.2, 0) is 14.3 Å². The fourth-order valence-corrected chi connectivity index (χ4v) is 7.74. The number of hydrogen-bond donors (Lipinski definition) is 3. The highest BCUT2D eigenvalue weighted by molar-refractivity contribution is 5.78. The van der Waals surface area contributed by atoms with Crippen LogP contribution in [0.3, 0.4) is 0 Å². The minimum Gasteiger partial charge on any atom is -0.458 e. The van der Waals surface area contributed by atoms with Gasteiger partial charge in [0.1, 0.15) is 6.10 Å². The van der Waals surface area contributed by atoms with Crippen molar-refractivity contribution in [2.75, 3.05) is 6.61 Å². The van der Waals surface area contributed by atoms with E-state index in [0.717, 1.165) is 77.0 Å². The summed E-state index contributed by atoms with van der Waals surface area (Å²) in [4.78, 5) is 26.1. The molecule has 0 heterocycles. The molecule has 3 N–H and O–H groups in total. The molecule has 6 nitrogen and oxygen atoms in total. The zero-order valence-electron chi connectivity index (χ0n) is 41.4. The van der Waals surface area contributed by atoms with Crippen molar-refractivity contribution in [1.82, 2.24) is 5.32 Å². The Labute approximate surface area is 390 Å². The third-order valence-electron chi connectivity index (χ3n) is 11.8. The van der Waals surface area contributed by atoms with E-state index in [1.807, 2.05) is 12.2 Å². The van der Waals surface area contributed by atoms with Crippen molar-refractivity contribution in [2.24, 2.45) is 0 Å². The summed E-state index contributed by atoms with van der Waals surface area (Å²) in [5.74, 6) is -0.640. The van der Waals surface area contributed by atoms with Gasteiger partial charge in [-0.2, -0.15) is 0 Å². The summed E-state index contributed by atoms with van der Waals surface area (Å²) in [5.41, 5.74) is 0. The lowest BCUT2D eigenvalue weighted by molar-refractivity contribution is -0.148. The number of carbonyl (C=O) groups is 2. The molecule has 0 fully saturated rings. The molecule has 0 spiro atoms. The number of aliphatic hydroxyl groups excluding tert-OH is 2. The van der Waals surface area contributed by atoms with Crippen LogP contribution in [-0.4, -0.2) is 46.9 Å². The molecular formula is C57H101NO5. The number of rotatable bonds is 47. The Morgan fingerprint density at radius 3 is 1.35 bits per heavy atom. The second-order valence-corrected chi connectivity index (χ2v) is 17.9. The van der Waals surface area contributed by atoms with Crippen LogP contribution in [0.25, 0.3) is 0 Å². The monoisotopic (exact) mass is 880 g/mol. The highest BCUT2D eigenvalue weighted by Gasteiger charge is 2.23. The Kier molecular flexibility index (Phi) is 48.1. The Bertz CT molecular complexity index is 1170. The Hall–Kier alpha value is -2.70. The molecule has 0 aliphatic carbocycles. The lowest BCUT2D eigenvalue weighted by atomic mass is 10.0. The molecule has 0 aromatic heterocycles. The van der Waals surface area contributed by atoms with Gasteiger partial charge in [-0.15, -0.1) is 0 Å². The molecule has 3 atom stereocenters. The quantitative estimate of drug-likeness (QED) is 0.0321. The van der Waals surface area contributed by atoms with Gasteiger partial charge in [-0.1, -0.05) is 235 Å². The van der Waals surface area contributed by atoms with Crippen molar-refractivity contribution in [3.05, 3.63) is 72.9 Å². The van der Waals surface area contributed by atoms with E-state index in [1.54, 1.807) is 0 Å². The standard InChI is InChI=1S/C57H101NO5/c1-4-7-10-13-16-19-22-24-26-28-29-31-34-37-40-43-46-49-55(60)54(52-59)58-56(61)51-53(48-45-42-39-36-33-21-18-15-12-9-6-3)63-57(62)50-47-44-41-38-35-32-30-27-25-23-20-17-14-11-8-5-2/h8,11,17,20,25,27,32,35-36,39,45,48,53-55,59-60H,4-7,9-10,12-16,18-19,21-24,26,28-31,33-34,37-38,40-44,46-47,49-52H2,1-3H3,(H,58,61)/b11-8+,20-17+,27-25+,35-32+,39-36-,48-45+. The molecular weight excluding hydrogens is 779 g/mol. The van der Waals surface area contributed by atoms with Gasteiger partial charge in [-0.25, -0.2) is 0 Å². The van der Waals surface area contributed by atoms with Gasteiger partial charge in [-0.05, 0) is 76.7 Å². The number of ether oxygens (including phenoxy) is 1. The summed E-state index contributed by atoms with van der Waals surface area (Å²) >= 11 is 0. The van der Waals surface area contributed by atoms with Crippen LogP contribution in [0.4, 0.5) is 0 Å². The van der Waals surface area contributed by atoms with Crippen LogP contribution in [0, 0.1) is 0 Å². The molecule has 0 aromatic carbocycles. The molecule has 3 unspecified atom stereocenters. The molecule has 0 saturated heterocycles. The molecule has 0 aromatic rings. The van der Waals surface area contributed by atoms with Crippen molar-refractivity contribution >= 4 is 11.9 Å². The van der Waals surface area contributed by atoms with E-state index in [-0.39, 0.29) is 24.9 Å². The molecule has 0 rings (SSSR count). The van der Waals surface area contributed by atoms with Gasteiger partial charge in [0.15, 0.2) is 0 Å². The van der Waals surface area contributed by atoms with Crippen molar-refractivity contribution in [1.29, 1.82) is 0 Å². The fourth-order valence-electron chi connectivity index (χ4n) is 7.74. The Morgan fingerprint density at radius 1 is 0.492 bits per heavy atom. The second kappa shape index (κ2) is 50.3. The molecule has 0 saturated carbocycles. The molecule has 0 radical (unpaired) electrons. The number of hydrogen-bond acceptors (Lipinski definition) is 5. The van der Waals surface area contributed by atoms with Crippen LogP contribution in [0.1, 0.15) is 252 Å². The fraction of sp³-hybridized carbons (Fsp3) is 0.754. The zero-order valence-corrected chi connectivity index (χ0v) is 41.4. The lowest BCUT2D eigenvalue weighted by Crippen LogP contribution is -2.46. The first kappa shape index (κ1) is 60.3. The van der Waals surface area contributed by atoms with Crippen LogP contribution >= 0.6 is 0 Å². The maximum atomic E-state index is 13.2. The lowest BCUT2D eigenvalue weighted by Gasteiger charge is -2.23. The maximum absolute atomic E-state index is 13.2. The predicted molar refractivity (Wildman–Crippen MR) is 273 cm³/mol. The van der Waals surface area contributed by atoms with E-state index in [2.05, 4.69) is 86.8 Å². The number of nitrogens with one attached hydrogen (secondary N) is 1. The van der Waals surface area contributed by atoms with Crippen LogP contribution in [0.5, 0.6) is 0 Å². The average Bonchev–Trinajstić information content (AvgIpc) is 3.28. The summed E-state index contributed by atoms with van der Waals surface area (Å²) in [7, 11) is 0. The smallest absolute Gasteiger partial charge is 0.306 e. The van der Waals surface area contributed by atoms with Crippen LogP contribution < -0.4 is 5.32 Å². The first-order valence-corrected chi connectivity index (χ1v) is 26.7. The molecule has 0 aliphatic rings. The number of amides is 1. The summed E-state index contributed by atoms with van der Waals surface area (Å²) in [6.07, 6.45) is 64.3. The van der Waals surface area contributed by atoms with Crippen molar-refractivity contribution < 1.29 is 24.5 Å². The normalized spacial score (nSPS) is 13.8. The third-order valence-corrected chi connectivity index (χ3v) is 11.8. The number of unbranched alkanes of at least 4 members (excludes halogenated alkanes) is 25. The summed E-state index contributed by atoms with van der Waals surface area (Å²) < 4.78 is 5.81. The van der Waals surface area contributed by atoms with Crippen molar-refractivity contribution in [3.63, 3.8) is 0 Å². The topological polar surface area (TPSA) is 95.9 Å². The molecule has 0 bridgehead atoms. The molecule has 63 heavy (non-hydrogen) atoms. The molecule has 0 aliphatic heterocycles. The minimum atomic E-state index is -0.819. The van der Waals surface area contributed by atoms with E-state index in [4.69, 9.17) is 4.74 Å². The van der Waals surface area contributed by atoms with Gasteiger partial charge in [0, 0.05) is 6.42 Å². The molecule has 6 heteroatoms. The van der Waals surface area contributed by atoms with Gasteiger partial charge in [0.2, 0.25) is 5.91 Å². The predicted octanol–water partition coefficient (Wildman–Crippen LogP) is 16.2. The van der Waals surface area contributed by atoms with Gasteiger partial charge < -0.3 is 20.3 Å². The SMILES string of the molecule is CC/C=C/C/C=C/C/C=C/C/C=C/CCCCCC(=O)OC(/C=C/C/C=C\CCCCCCCC)CC(=O)NC(CO)C(O)CCCCCCCCCCCCCCCCCCC. The first-order valence-electron chi connectivity index (χ1n) is 26.7. The van der Waals surface area contributed by atoms with Gasteiger partial charge >= 0.3 is 5.97 Å². The van der Waals surface area contributed by atoms with Crippen molar-refractivity contribution in [2.45, 2.75) is 270 Å². The third kappa shape index (κ3) is 45.7. The largest absolute Gasteiger partial charge is 0.458 e. The Morgan fingerprint density at radius 2 is 0.889 bits per heavy atom. The highest BCUT2D eigenvalue weighted by atomic mass is 16.5. The average molecular weight is 880 g/mol. The number of aliphatic hydroxyl groups is 2. The summed E-state index contributed by atoms with van der Waals surface area (Å²) in [5, 5.41) is 23.7. The van der Waals surface area contributed by atoms with Crippen LogP contribution in [0.15, 0.2) is 72.9 Å². The molecule has 1 amide bonds. The van der Waals surface area contributed by atoms with Gasteiger partial charge in [0.25, 0.3) is 0 Å². The second-order valence-electron chi connectivity index (χ2n) is 17.9. The molecule has 364 valence electrons. The summed E-state index contributed by atoms with van der Waals surface area (Å²) in [6, 6.07) is -0.742. The van der Waals surface area contributed by atoms with E-state index in [0.29, 0.717) is 19.3 Å². The van der Waals surface area contributed by atoms with Crippen LogP contribution in [0.2, 0.25) is 0 Å². The van der Waals surface area contributed by atoms with E-state index in [1.165, 1.54) is 128 Å². The number of esters is 1. The first-order chi connectivity index (χ1) is 31.0. The van der Waals surface area contributed by atoms with Gasteiger partial charge in [0.05, 0.1) is 25.2 Å². The zero-order chi connectivity index (χ0) is 45.9. The van der Waals surface area contributed by atoms with Gasteiger partial charge in [-0.3, -0.25) is 9.59 Å². The van der Waals surface area contributed by atoms with Crippen molar-refractivity contribution in [3.8, 4) is 0 Å².